The molecule has 1 amide bonds. The predicted molar refractivity (Wildman–Crippen MR) is 118 cm³/mol. The van der Waals surface area contributed by atoms with Gasteiger partial charge in [0.2, 0.25) is 0 Å². The smallest absolute Gasteiger partial charge is 0.255 e. The predicted octanol–water partition coefficient (Wildman–Crippen LogP) is 3.34. The highest BCUT2D eigenvalue weighted by molar-refractivity contribution is 7.18. The van der Waals surface area contributed by atoms with E-state index in [2.05, 4.69) is 43.2 Å². The van der Waals surface area contributed by atoms with Gasteiger partial charge in [0.05, 0.1) is 34.6 Å². The normalized spacial score (nSPS) is 15.5. The SMILES string of the molecule is Cc1occc1C(=O)NC(C)c1nnc2n1CCN(Cc1nc3ccccc3s1)CC2. The Labute approximate surface area is 183 Å². The van der Waals surface area contributed by atoms with Gasteiger partial charge in [0.1, 0.15) is 16.6 Å². The molecule has 31 heavy (non-hydrogen) atoms. The number of nitrogens with one attached hydrogen (secondary N) is 1. The molecule has 1 aliphatic heterocycles. The molecule has 4 aromatic rings. The summed E-state index contributed by atoms with van der Waals surface area (Å²) >= 11 is 1.76. The lowest BCUT2D eigenvalue weighted by Gasteiger charge is -2.19. The molecule has 1 atom stereocenters. The number of aryl methyl sites for hydroxylation is 1. The second-order valence-electron chi connectivity index (χ2n) is 7.81. The van der Waals surface area contributed by atoms with Crippen molar-refractivity contribution in [1.82, 2.24) is 30.0 Å². The van der Waals surface area contributed by atoms with Gasteiger partial charge in [-0.25, -0.2) is 4.98 Å². The molecule has 5 rings (SSSR count). The molecule has 1 aliphatic rings. The number of furan rings is 1. The van der Waals surface area contributed by atoms with Crippen molar-refractivity contribution in [2.45, 2.75) is 39.4 Å². The lowest BCUT2D eigenvalue weighted by Crippen LogP contribution is -2.30. The highest BCUT2D eigenvalue weighted by atomic mass is 32.1. The second kappa shape index (κ2) is 8.24. The number of rotatable bonds is 5. The Hall–Kier alpha value is -3.04. The minimum absolute atomic E-state index is 0.165. The van der Waals surface area contributed by atoms with Crippen LogP contribution in [0, 0.1) is 6.92 Å². The molecular formula is C22H24N6O2S. The van der Waals surface area contributed by atoms with Gasteiger partial charge in [-0.05, 0) is 32.0 Å². The van der Waals surface area contributed by atoms with Gasteiger partial charge in [0, 0.05) is 26.1 Å². The van der Waals surface area contributed by atoms with E-state index >= 15 is 0 Å². The van der Waals surface area contributed by atoms with E-state index in [1.165, 1.54) is 11.0 Å². The molecule has 1 aromatic carbocycles. The van der Waals surface area contributed by atoms with Crippen molar-refractivity contribution in [3.8, 4) is 0 Å². The lowest BCUT2D eigenvalue weighted by atomic mass is 10.2. The fraction of sp³-hybridized carbons (Fsp3) is 0.364. The monoisotopic (exact) mass is 436 g/mol. The van der Waals surface area contributed by atoms with Gasteiger partial charge >= 0.3 is 0 Å². The van der Waals surface area contributed by atoms with E-state index < -0.39 is 0 Å². The molecule has 3 aromatic heterocycles. The largest absolute Gasteiger partial charge is 0.469 e. The summed E-state index contributed by atoms with van der Waals surface area (Å²) in [4.78, 5) is 19.7. The zero-order chi connectivity index (χ0) is 21.4. The summed E-state index contributed by atoms with van der Waals surface area (Å²) in [7, 11) is 0. The van der Waals surface area contributed by atoms with Gasteiger partial charge in [0.25, 0.3) is 5.91 Å². The van der Waals surface area contributed by atoms with Gasteiger partial charge in [-0.3, -0.25) is 9.69 Å². The maximum atomic E-state index is 12.6. The van der Waals surface area contributed by atoms with Crippen molar-refractivity contribution in [2.75, 3.05) is 13.1 Å². The molecule has 0 bridgehead atoms. The number of hydrogen-bond acceptors (Lipinski definition) is 7. The van der Waals surface area contributed by atoms with Crippen LogP contribution in [0.4, 0.5) is 0 Å². The summed E-state index contributed by atoms with van der Waals surface area (Å²) in [5.74, 6) is 2.19. The first-order chi connectivity index (χ1) is 15.1. The number of hydrogen-bond donors (Lipinski definition) is 1. The Morgan fingerprint density at radius 3 is 2.90 bits per heavy atom. The summed E-state index contributed by atoms with van der Waals surface area (Å²) in [6.45, 7) is 7.13. The number of amides is 1. The third-order valence-corrected chi connectivity index (χ3v) is 6.70. The van der Waals surface area contributed by atoms with Crippen molar-refractivity contribution in [1.29, 1.82) is 0 Å². The molecule has 1 unspecified atom stereocenters. The Morgan fingerprint density at radius 1 is 1.23 bits per heavy atom. The van der Waals surface area contributed by atoms with Gasteiger partial charge in [0.15, 0.2) is 5.82 Å². The highest BCUT2D eigenvalue weighted by Crippen LogP contribution is 2.24. The van der Waals surface area contributed by atoms with Crippen LogP contribution in [0.25, 0.3) is 10.2 Å². The van der Waals surface area contributed by atoms with Gasteiger partial charge < -0.3 is 14.3 Å². The third-order valence-electron chi connectivity index (χ3n) is 5.68. The fourth-order valence-electron chi connectivity index (χ4n) is 4.01. The van der Waals surface area contributed by atoms with Gasteiger partial charge in [-0.15, -0.1) is 21.5 Å². The first kappa shape index (κ1) is 19.9. The van der Waals surface area contributed by atoms with E-state index in [0.717, 1.165) is 54.8 Å². The van der Waals surface area contributed by atoms with E-state index in [4.69, 9.17) is 9.40 Å². The number of aromatic nitrogens is 4. The summed E-state index contributed by atoms with van der Waals surface area (Å²) in [5.41, 5.74) is 1.61. The summed E-state index contributed by atoms with van der Waals surface area (Å²) in [6, 6.07) is 9.69. The average molecular weight is 437 g/mol. The number of carbonyl (C=O) groups excluding carboxylic acids is 1. The Balaban J connectivity index is 1.26. The molecular weight excluding hydrogens is 412 g/mol. The van der Waals surface area contributed by atoms with E-state index in [9.17, 15) is 4.79 Å². The third kappa shape index (κ3) is 3.98. The molecule has 160 valence electrons. The minimum Gasteiger partial charge on any atom is -0.469 e. The Morgan fingerprint density at radius 2 is 2.10 bits per heavy atom. The average Bonchev–Trinajstić information content (AvgIpc) is 3.44. The second-order valence-corrected chi connectivity index (χ2v) is 8.93. The summed E-state index contributed by atoms with van der Waals surface area (Å²) in [5, 5.41) is 12.9. The quantitative estimate of drug-likeness (QED) is 0.516. The maximum absolute atomic E-state index is 12.6. The molecule has 0 aliphatic carbocycles. The van der Waals surface area contributed by atoms with E-state index in [1.807, 2.05) is 13.0 Å². The Kier molecular flexibility index (Phi) is 5.29. The van der Waals surface area contributed by atoms with Crippen LogP contribution < -0.4 is 5.32 Å². The minimum atomic E-state index is -0.251. The molecule has 8 nitrogen and oxygen atoms in total. The maximum Gasteiger partial charge on any atom is 0.255 e. The zero-order valence-corrected chi connectivity index (χ0v) is 18.4. The van der Waals surface area contributed by atoms with E-state index in [1.54, 1.807) is 24.3 Å². The van der Waals surface area contributed by atoms with Crippen LogP contribution in [0.1, 0.15) is 45.7 Å². The number of carbonyl (C=O) groups is 1. The number of benzene rings is 1. The first-order valence-electron chi connectivity index (χ1n) is 10.4. The summed E-state index contributed by atoms with van der Waals surface area (Å²) in [6.07, 6.45) is 2.34. The van der Waals surface area contributed by atoms with Crippen LogP contribution in [0.2, 0.25) is 0 Å². The zero-order valence-electron chi connectivity index (χ0n) is 17.5. The van der Waals surface area contributed by atoms with Crippen molar-refractivity contribution in [3.05, 3.63) is 64.6 Å². The summed E-state index contributed by atoms with van der Waals surface area (Å²) < 4.78 is 8.61. The highest BCUT2D eigenvalue weighted by Gasteiger charge is 2.24. The topological polar surface area (TPSA) is 89.1 Å². The Bertz CT molecular complexity index is 1190. The molecule has 0 fully saturated rings. The molecule has 0 saturated carbocycles. The van der Waals surface area contributed by atoms with Crippen molar-refractivity contribution < 1.29 is 9.21 Å². The molecule has 0 radical (unpaired) electrons. The van der Waals surface area contributed by atoms with Crippen LogP contribution in [0.3, 0.4) is 0 Å². The van der Waals surface area contributed by atoms with E-state index in [-0.39, 0.29) is 11.9 Å². The standard InChI is InChI=1S/C22H24N6O2S/c1-14(23-22(29)16-8-12-30-15(16)2)21-26-25-19-7-9-27(10-11-28(19)21)13-20-24-17-5-3-4-6-18(17)31-20/h3-6,8,12,14H,7,9-11,13H2,1-2H3,(H,23,29). The number of thiazole rings is 1. The van der Waals surface area contributed by atoms with Crippen molar-refractivity contribution in [3.63, 3.8) is 0 Å². The number of fused-ring (bicyclic) bond motifs is 2. The van der Waals surface area contributed by atoms with Gasteiger partial charge in [-0.2, -0.15) is 0 Å². The van der Waals surface area contributed by atoms with Crippen LogP contribution in [0.5, 0.6) is 0 Å². The lowest BCUT2D eigenvalue weighted by molar-refractivity contribution is 0.0936. The number of para-hydroxylation sites is 1. The van der Waals surface area contributed by atoms with Gasteiger partial charge in [-0.1, -0.05) is 12.1 Å². The van der Waals surface area contributed by atoms with Crippen molar-refractivity contribution >= 4 is 27.5 Å². The first-order valence-corrected chi connectivity index (χ1v) is 11.2. The van der Waals surface area contributed by atoms with Crippen molar-refractivity contribution in [2.24, 2.45) is 0 Å². The van der Waals surface area contributed by atoms with Crippen LogP contribution in [-0.2, 0) is 19.5 Å². The molecule has 0 spiro atoms. The molecule has 0 saturated heterocycles. The van der Waals surface area contributed by atoms with E-state index in [0.29, 0.717) is 11.3 Å². The molecule has 4 heterocycles. The van der Waals surface area contributed by atoms with Crippen LogP contribution in [0.15, 0.2) is 41.0 Å². The molecule has 1 N–H and O–H groups in total. The fourth-order valence-corrected chi connectivity index (χ4v) is 5.02. The molecule has 9 heteroatoms. The van der Waals surface area contributed by atoms with Crippen LogP contribution in [-0.4, -0.2) is 43.6 Å². The van der Waals surface area contributed by atoms with Crippen LogP contribution >= 0.6 is 11.3 Å². The number of nitrogens with zero attached hydrogens (tertiary/aromatic N) is 5.